The second-order valence-corrected chi connectivity index (χ2v) is 4.34. The van der Waals surface area contributed by atoms with Gasteiger partial charge in [0.25, 0.3) is 0 Å². The van der Waals surface area contributed by atoms with Gasteiger partial charge in [-0.25, -0.2) is 0 Å². The first-order chi connectivity index (χ1) is 6.72. The summed E-state index contributed by atoms with van der Waals surface area (Å²) < 4.78 is 1.08. The summed E-state index contributed by atoms with van der Waals surface area (Å²) in [5, 5.41) is 12.1. The number of benzene rings is 1. The van der Waals surface area contributed by atoms with Crippen LogP contribution in [-0.4, -0.2) is 17.8 Å². The van der Waals surface area contributed by atoms with Gasteiger partial charge in [0.15, 0.2) is 0 Å². The Morgan fingerprint density at radius 3 is 2.93 bits per heavy atom. The minimum Gasteiger partial charge on any atom is -0.396 e. The molecular weight excluding hydrogens is 242 g/mol. The summed E-state index contributed by atoms with van der Waals surface area (Å²) in [4.78, 5) is 0. The Morgan fingerprint density at radius 2 is 2.29 bits per heavy atom. The Balaban J connectivity index is 2.43. The van der Waals surface area contributed by atoms with Gasteiger partial charge in [-0.3, -0.25) is 0 Å². The van der Waals surface area contributed by atoms with Crippen LogP contribution >= 0.6 is 15.9 Å². The molecule has 0 saturated carbocycles. The van der Waals surface area contributed by atoms with Gasteiger partial charge in [0, 0.05) is 22.8 Å². The number of nitrogens with one attached hydrogen (secondary N) is 1. The number of halogens is 1. The van der Waals surface area contributed by atoms with E-state index in [0.717, 1.165) is 23.0 Å². The largest absolute Gasteiger partial charge is 0.396 e. The number of rotatable bonds is 5. The Kier molecular flexibility index (Phi) is 4.98. The Labute approximate surface area is 93.5 Å². The monoisotopic (exact) mass is 257 g/mol. The third kappa shape index (κ3) is 4.11. The molecule has 0 aromatic heterocycles. The lowest BCUT2D eigenvalue weighted by Crippen LogP contribution is -2.15. The number of anilines is 1. The van der Waals surface area contributed by atoms with Gasteiger partial charge < -0.3 is 10.4 Å². The molecule has 0 heterocycles. The SMILES string of the molecule is CC(CCCO)Nc1cccc(Br)c1. The van der Waals surface area contributed by atoms with Crippen molar-refractivity contribution in [3.05, 3.63) is 28.7 Å². The molecule has 0 aliphatic heterocycles. The summed E-state index contributed by atoms with van der Waals surface area (Å²) in [6.07, 6.45) is 1.84. The van der Waals surface area contributed by atoms with E-state index in [9.17, 15) is 0 Å². The van der Waals surface area contributed by atoms with Crippen LogP contribution in [0.4, 0.5) is 5.69 Å². The fraction of sp³-hybridized carbons (Fsp3) is 0.455. The molecule has 1 aromatic carbocycles. The lowest BCUT2D eigenvalue weighted by molar-refractivity contribution is 0.282. The molecule has 2 N–H and O–H groups in total. The van der Waals surface area contributed by atoms with Gasteiger partial charge >= 0.3 is 0 Å². The average molecular weight is 258 g/mol. The number of hydrogen-bond acceptors (Lipinski definition) is 2. The van der Waals surface area contributed by atoms with Crippen LogP contribution in [0.25, 0.3) is 0 Å². The zero-order valence-corrected chi connectivity index (χ0v) is 9.92. The molecule has 0 fully saturated rings. The molecule has 2 nitrogen and oxygen atoms in total. The number of hydrogen-bond donors (Lipinski definition) is 2. The topological polar surface area (TPSA) is 32.3 Å². The average Bonchev–Trinajstić information content (AvgIpc) is 2.15. The van der Waals surface area contributed by atoms with Gasteiger partial charge in [0.2, 0.25) is 0 Å². The first-order valence-electron chi connectivity index (χ1n) is 4.85. The van der Waals surface area contributed by atoms with Crippen LogP contribution in [0.15, 0.2) is 28.7 Å². The van der Waals surface area contributed by atoms with Crippen molar-refractivity contribution in [2.75, 3.05) is 11.9 Å². The van der Waals surface area contributed by atoms with Crippen molar-refractivity contribution in [2.24, 2.45) is 0 Å². The van der Waals surface area contributed by atoms with Gasteiger partial charge in [0.05, 0.1) is 0 Å². The normalized spacial score (nSPS) is 12.5. The highest BCUT2D eigenvalue weighted by Crippen LogP contribution is 2.17. The molecule has 0 amide bonds. The Bertz CT molecular complexity index is 278. The number of aliphatic hydroxyl groups excluding tert-OH is 1. The second-order valence-electron chi connectivity index (χ2n) is 3.42. The first-order valence-corrected chi connectivity index (χ1v) is 5.64. The predicted octanol–water partition coefficient (Wildman–Crippen LogP) is 3.02. The molecule has 0 spiro atoms. The van der Waals surface area contributed by atoms with Crippen LogP contribution < -0.4 is 5.32 Å². The summed E-state index contributed by atoms with van der Waals surface area (Å²) in [6, 6.07) is 8.50. The van der Waals surface area contributed by atoms with E-state index < -0.39 is 0 Å². The minimum atomic E-state index is 0.268. The summed E-state index contributed by atoms with van der Waals surface area (Å²) in [7, 11) is 0. The molecular formula is C11H16BrNO. The molecule has 0 saturated heterocycles. The quantitative estimate of drug-likeness (QED) is 0.850. The van der Waals surface area contributed by atoms with E-state index in [4.69, 9.17) is 5.11 Å². The zero-order valence-electron chi connectivity index (χ0n) is 8.33. The van der Waals surface area contributed by atoms with E-state index in [-0.39, 0.29) is 6.61 Å². The van der Waals surface area contributed by atoms with Crippen molar-refractivity contribution in [1.29, 1.82) is 0 Å². The maximum Gasteiger partial charge on any atom is 0.0431 e. The van der Waals surface area contributed by atoms with Crippen LogP contribution in [0, 0.1) is 0 Å². The summed E-state index contributed by atoms with van der Waals surface area (Å²) in [5.41, 5.74) is 1.12. The zero-order chi connectivity index (χ0) is 10.4. The van der Waals surface area contributed by atoms with E-state index >= 15 is 0 Å². The summed E-state index contributed by atoms with van der Waals surface area (Å²) in [5.74, 6) is 0. The predicted molar refractivity (Wildman–Crippen MR) is 63.5 cm³/mol. The van der Waals surface area contributed by atoms with Gasteiger partial charge in [-0.2, -0.15) is 0 Å². The molecule has 1 rings (SSSR count). The molecule has 1 atom stereocenters. The second kappa shape index (κ2) is 6.04. The van der Waals surface area contributed by atoms with E-state index in [1.807, 2.05) is 18.2 Å². The summed E-state index contributed by atoms with van der Waals surface area (Å²) >= 11 is 3.42. The standard InChI is InChI=1S/C11H16BrNO/c1-9(4-3-7-14)13-11-6-2-5-10(12)8-11/h2,5-6,8-9,13-14H,3-4,7H2,1H3. The van der Waals surface area contributed by atoms with Gasteiger partial charge in [-0.05, 0) is 38.0 Å². The highest BCUT2D eigenvalue weighted by Gasteiger charge is 2.01. The lowest BCUT2D eigenvalue weighted by Gasteiger charge is -2.14. The van der Waals surface area contributed by atoms with Crippen molar-refractivity contribution < 1.29 is 5.11 Å². The highest BCUT2D eigenvalue weighted by molar-refractivity contribution is 9.10. The van der Waals surface area contributed by atoms with Gasteiger partial charge in [-0.15, -0.1) is 0 Å². The Hall–Kier alpha value is -0.540. The Morgan fingerprint density at radius 1 is 1.50 bits per heavy atom. The van der Waals surface area contributed by atoms with Crippen molar-refractivity contribution in [2.45, 2.75) is 25.8 Å². The van der Waals surface area contributed by atoms with Crippen molar-refractivity contribution in [3.8, 4) is 0 Å². The van der Waals surface area contributed by atoms with Crippen molar-refractivity contribution in [1.82, 2.24) is 0 Å². The third-order valence-corrected chi connectivity index (χ3v) is 2.53. The van der Waals surface area contributed by atoms with Crippen LogP contribution in [0.3, 0.4) is 0 Å². The van der Waals surface area contributed by atoms with Crippen molar-refractivity contribution in [3.63, 3.8) is 0 Å². The molecule has 0 radical (unpaired) electrons. The van der Waals surface area contributed by atoms with E-state index in [1.54, 1.807) is 0 Å². The molecule has 0 aliphatic carbocycles. The molecule has 1 unspecified atom stereocenters. The number of aliphatic hydroxyl groups is 1. The molecule has 0 aliphatic rings. The van der Waals surface area contributed by atoms with E-state index in [0.29, 0.717) is 6.04 Å². The minimum absolute atomic E-state index is 0.268. The lowest BCUT2D eigenvalue weighted by atomic mass is 10.2. The van der Waals surface area contributed by atoms with Crippen molar-refractivity contribution >= 4 is 21.6 Å². The molecule has 78 valence electrons. The van der Waals surface area contributed by atoms with Crippen LogP contribution in [0.1, 0.15) is 19.8 Å². The van der Waals surface area contributed by atoms with Gasteiger partial charge in [-0.1, -0.05) is 22.0 Å². The van der Waals surface area contributed by atoms with E-state index in [1.165, 1.54) is 0 Å². The molecule has 1 aromatic rings. The fourth-order valence-electron chi connectivity index (χ4n) is 1.33. The first kappa shape index (κ1) is 11.5. The van der Waals surface area contributed by atoms with E-state index in [2.05, 4.69) is 34.2 Å². The molecule has 3 heteroatoms. The maximum atomic E-state index is 8.69. The third-order valence-electron chi connectivity index (χ3n) is 2.03. The highest BCUT2D eigenvalue weighted by atomic mass is 79.9. The molecule has 0 bridgehead atoms. The molecule has 14 heavy (non-hydrogen) atoms. The smallest absolute Gasteiger partial charge is 0.0431 e. The van der Waals surface area contributed by atoms with Crippen LogP contribution in [0.5, 0.6) is 0 Å². The van der Waals surface area contributed by atoms with Gasteiger partial charge in [0.1, 0.15) is 0 Å². The van der Waals surface area contributed by atoms with Crippen LogP contribution in [-0.2, 0) is 0 Å². The fourth-order valence-corrected chi connectivity index (χ4v) is 1.73. The van der Waals surface area contributed by atoms with Crippen LogP contribution in [0.2, 0.25) is 0 Å². The maximum absolute atomic E-state index is 8.69. The summed E-state index contributed by atoms with van der Waals surface area (Å²) in [6.45, 7) is 2.39.